The number of rotatable bonds is 2. The fourth-order valence-electron chi connectivity index (χ4n) is 10.2. The number of nitrogens with zero attached hydrogens (tertiary/aromatic N) is 3. The van der Waals surface area contributed by atoms with Crippen LogP contribution in [0.15, 0.2) is 168 Å². The van der Waals surface area contributed by atoms with E-state index in [1.54, 1.807) is 0 Å². The van der Waals surface area contributed by atoms with Gasteiger partial charge in [0.2, 0.25) is 5.95 Å². The quantitative estimate of drug-likeness (QED) is 0.167. The molecule has 0 aliphatic heterocycles. The lowest BCUT2D eigenvalue weighted by Crippen LogP contribution is -2.18. The number of hydrogen-bond acceptors (Lipinski definition) is 3. The maximum absolute atomic E-state index is 6.46. The number of para-hydroxylation sites is 1. The second kappa shape index (κ2) is 10.9. The highest BCUT2D eigenvalue weighted by molar-refractivity contribution is 6.37. The molecule has 1 aliphatic carbocycles. The molecule has 0 unspecified atom stereocenters. The van der Waals surface area contributed by atoms with E-state index in [0.717, 1.165) is 55.5 Å². The zero-order chi connectivity index (χ0) is 37.6. The van der Waals surface area contributed by atoms with E-state index in [9.17, 15) is 0 Å². The van der Waals surface area contributed by atoms with Gasteiger partial charge in [-0.1, -0.05) is 147 Å². The molecule has 0 spiro atoms. The highest BCUT2D eigenvalue weighted by Gasteiger charge is 2.40. The van der Waals surface area contributed by atoms with Gasteiger partial charge in [0.15, 0.2) is 0 Å². The van der Waals surface area contributed by atoms with Gasteiger partial charge in [-0.3, -0.25) is 4.57 Å². The van der Waals surface area contributed by atoms with Crippen LogP contribution < -0.4 is 0 Å². The molecule has 0 fully saturated rings. The molecule has 9 aromatic carbocycles. The summed E-state index contributed by atoms with van der Waals surface area (Å²) in [6.45, 7) is 4.59. The van der Waals surface area contributed by atoms with Gasteiger partial charge >= 0.3 is 0 Å². The molecular formula is C53H33N3O. The number of benzene rings is 9. The van der Waals surface area contributed by atoms with Crippen molar-refractivity contribution in [2.24, 2.45) is 0 Å². The number of aromatic nitrogens is 3. The van der Waals surface area contributed by atoms with Crippen LogP contribution in [0, 0.1) is 0 Å². The molecule has 57 heavy (non-hydrogen) atoms. The van der Waals surface area contributed by atoms with Gasteiger partial charge in [0, 0.05) is 43.5 Å². The van der Waals surface area contributed by atoms with Gasteiger partial charge in [-0.15, -0.1) is 0 Å². The van der Waals surface area contributed by atoms with Gasteiger partial charge in [0.25, 0.3) is 0 Å². The van der Waals surface area contributed by atoms with E-state index in [1.165, 1.54) is 65.0 Å². The van der Waals surface area contributed by atoms with Crippen molar-refractivity contribution in [3.05, 3.63) is 175 Å². The Balaban J connectivity index is 1.20. The number of hydrogen-bond donors (Lipinski definition) is 0. The predicted molar refractivity (Wildman–Crippen MR) is 237 cm³/mol. The van der Waals surface area contributed by atoms with E-state index in [0.29, 0.717) is 5.95 Å². The second-order valence-corrected chi connectivity index (χ2v) is 16.1. The van der Waals surface area contributed by atoms with Crippen LogP contribution in [0.3, 0.4) is 0 Å². The van der Waals surface area contributed by atoms with Crippen LogP contribution in [0.5, 0.6) is 0 Å². The van der Waals surface area contributed by atoms with E-state index < -0.39 is 0 Å². The van der Waals surface area contributed by atoms with E-state index in [4.69, 9.17) is 14.4 Å². The molecule has 0 bridgehead atoms. The summed E-state index contributed by atoms with van der Waals surface area (Å²) in [5.41, 5.74) is 10.0. The third-order valence-corrected chi connectivity index (χ3v) is 12.7. The summed E-state index contributed by atoms with van der Waals surface area (Å²) in [4.78, 5) is 11.3. The Labute approximate surface area is 327 Å². The summed E-state index contributed by atoms with van der Waals surface area (Å²) < 4.78 is 8.78. The average molecular weight is 728 g/mol. The summed E-state index contributed by atoms with van der Waals surface area (Å²) in [5, 5.41) is 14.6. The maximum Gasteiger partial charge on any atom is 0.235 e. The van der Waals surface area contributed by atoms with Crippen molar-refractivity contribution >= 4 is 86.8 Å². The van der Waals surface area contributed by atoms with Crippen molar-refractivity contribution in [1.29, 1.82) is 0 Å². The van der Waals surface area contributed by atoms with E-state index in [1.807, 2.05) is 12.1 Å². The first kappa shape index (κ1) is 31.0. The largest absolute Gasteiger partial charge is 0.456 e. The third kappa shape index (κ3) is 4.01. The smallest absolute Gasteiger partial charge is 0.235 e. The van der Waals surface area contributed by atoms with Gasteiger partial charge in [0.1, 0.15) is 11.2 Å². The van der Waals surface area contributed by atoms with Crippen molar-refractivity contribution in [1.82, 2.24) is 14.5 Å². The first-order valence-corrected chi connectivity index (χ1v) is 19.7. The van der Waals surface area contributed by atoms with Crippen LogP contribution in [0.4, 0.5) is 0 Å². The maximum atomic E-state index is 6.46. The van der Waals surface area contributed by atoms with Crippen LogP contribution in [0.1, 0.15) is 25.1 Å². The molecule has 0 amide bonds. The highest BCUT2D eigenvalue weighted by Crippen LogP contribution is 2.52. The van der Waals surface area contributed by atoms with Gasteiger partial charge in [0.05, 0.1) is 22.4 Å². The Morgan fingerprint density at radius 1 is 0.474 bits per heavy atom. The first-order valence-electron chi connectivity index (χ1n) is 19.7. The van der Waals surface area contributed by atoms with Crippen LogP contribution in [-0.2, 0) is 5.41 Å². The standard InChI is InChI=1S/C53H33N3O/c1-53(2)41-21-11-9-20-40(41)48-50(31-23-25-37-36-18-10-12-22-44(36)57-45(37)29-31)54-52(55-51(48)53)56-42-27-24-30-13-3-4-14-32(30)47(42)49-43(56)28-26-39-35-17-6-5-15-33(35)34-16-7-8-19-38(34)46(39)49/h3-29H,1-2H3. The van der Waals surface area contributed by atoms with Crippen LogP contribution >= 0.6 is 0 Å². The minimum absolute atomic E-state index is 0.352. The van der Waals surface area contributed by atoms with Crippen LogP contribution in [0.25, 0.3) is 115 Å². The fourth-order valence-corrected chi connectivity index (χ4v) is 10.2. The van der Waals surface area contributed by atoms with Gasteiger partial charge in [-0.25, -0.2) is 9.97 Å². The molecular weight excluding hydrogens is 695 g/mol. The molecule has 0 radical (unpaired) electrons. The summed E-state index contributed by atoms with van der Waals surface area (Å²) in [5.74, 6) is 0.661. The molecule has 0 saturated carbocycles. The third-order valence-electron chi connectivity index (χ3n) is 12.7. The average Bonchev–Trinajstić information content (AvgIpc) is 3.88. The van der Waals surface area contributed by atoms with Crippen molar-refractivity contribution in [3.8, 4) is 28.3 Å². The van der Waals surface area contributed by atoms with E-state index in [2.05, 4.69) is 170 Å². The van der Waals surface area contributed by atoms with Crippen LogP contribution in [0.2, 0.25) is 0 Å². The Morgan fingerprint density at radius 3 is 1.89 bits per heavy atom. The van der Waals surface area contributed by atoms with Gasteiger partial charge in [-0.05, 0) is 79.2 Å². The molecule has 13 rings (SSSR count). The zero-order valence-corrected chi connectivity index (χ0v) is 31.3. The topological polar surface area (TPSA) is 43.9 Å². The molecule has 0 saturated heterocycles. The molecule has 4 nitrogen and oxygen atoms in total. The summed E-state index contributed by atoms with van der Waals surface area (Å²) in [7, 11) is 0. The molecule has 266 valence electrons. The molecule has 3 aromatic heterocycles. The van der Waals surface area contributed by atoms with Crippen LogP contribution in [-0.4, -0.2) is 14.5 Å². The Hall–Kier alpha value is -7.30. The molecule has 12 aromatic rings. The number of furan rings is 1. The lowest BCUT2D eigenvalue weighted by atomic mass is 9.85. The Kier molecular flexibility index (Phi) is 5.94. The highest BCUT2D eigenvalue weighted by atomic mass is 16.3. The predicted octanol–water partition coefficient (Wildman–Crippen LogP) is 14.1. The lowest BCUT2D eigenvalue weighted by molar-refractivity contribution is 0.632. The fraction of sp³-hybridized carbons (Fsp3) is 0.0566. The van der Waals surface area contributed by atoms with Crippen molar-refractivity contribution in [2.45, 2.75) is 19.3 Å². The van der Waals surface area contributed by atoms with Crippen molar-refractivity contribution in [3.63, 3.8) is 0 Å². The number of fused-ring (bicyclic) bond motifs is 18. The zero-order valence-electron chi connectivity index (χ0n) is 31.3. The second-order valence-electron chi connectivity index (χ2n) is 16.1. The minimum atomic E-state index is -0.352. The monoisotopic (exact) mass is 727 g/mol. The van der Waals surface area contributed by atoms with Gasteiger partial charge < -0.3 is 4.42 Å². The Bertz CT molecular complexity index is 3700. The normalized spacial score (nSPS) is 13.6. The van der Waals surface area contributed by atoms with Crippen molar-refractivity contribution < 1.29 is 4.42 Å². The minimum Gasteiger partial charge on any atom is -0.456 e. The van der Waals surface area contributed by atoms with Crippen molar-refractivity contribution in [2.75, 3.05) is 0 Å². The summed E-state index contributed by atoms with van der Waals surface area (Å²) in [6, 6.07) is 59.1. The van der Waals surface area contributed by atoms with E-state index in [-0.39, 0.29) is 5.41 Å². The lowest BCUT2D eigenvalue weighted by Gasteiger charge is -2.21. The molecule has 4 heteroatoms. The molecule has 1 aliphatic rings. The summed E-state index contributed by atoms with van der Waals surface area (Å²) in [6.07, 6.45) is 0. The van der Waals surface area contributed by atoms with E-state index >= 15 is 0 Å². The summed E-state index contributed by atoms with van der Waals surface area (Å²) >= 11 is 0. The molecule has 0 atom stereocenters. The molecule has 0 N–H and O–H groups in total. The SMILES string of the molecule is CC1(C)c2ccccc2-c2c(-c3ccc4c(c3)oc3ccccc34)nc(-n3c4ccc5ccccc5c4c4c5c6ccccc6c6ccccc6c5ccc43)nc21. The first-order chi connectivity index (χ1) is 28.0. The molecule has 3 heterocycles. The van der Waals surface area contributed by atoms with Gasteiger partial charge in [-0.2, -0.15) is 0 Å². The Morgan fingerprint density at radius 2 is 1.07 bits per heavy atom.